The number of benzene rings is 9. The van der Waals surface area contributed by atoms with Crippen molar-refractivity contribution in [3.05, 3.63) is 166 Å². The van der Waals surface area contributed by atoms with E-state index in [2.05, 4.69) is 296 Å². The van der Waals surface area contributed by atoms with Crippen molar-refractivity contribution in [3.8, 4) is 22.3 Å². The largest absolute Gasteiger partial charge is 0.308 e. The number of hydrogen-bond donors (Lipinski definition) is 0. The van der Waals surface area contributed by atoms with Crippen LogP contribution in [0.25, 0.3) is 120 Å². The van der Waals surface area contributed by atoms with E-state index >= 15 is 0 Å². The van der Waals surface area contributed by atoms with Gasteiger partial charge in [-0.3, -0.25) is 0 Å². The highest BCUT2D eigenvalue weighted by Crippen LogP contribution is 2.56. The molecule has 13 rings (SSSR count). The molecule has 0 aliphatic rings. The summed E-state index contributed by atoms with van der Waals surface area (Å²) in [5, 5.41) is 15.9. The average molecular weight is 1110 g/mol. The fourth-order valence-corrected chi connectivity index (χ4v) is 14.8. The monoisotopic (exact) mass is 1100 g/mol. The summed E-state index contributed by atoms with van der Waals surface area (Å²) in [7, 11) is 0. The zero-order chi connectivity index (χ0) is 60.6. The second kappa shape index (κ2) is 17.4. The molecule has 0 spiro atoms. The molecule has 0 unspecified atom stereocenters. The number of hydrogen-bond acceptors (Lipinski definition) is 0. The molecule has 0 bridgehead atoms. The fourth-order valence-electron chi connectivity index (χ4n) is 14.8. The molecule has 0 fully saturated rings. The topological polar surface area (TPSA) is 8.82 Å². The van der Waals surface area contributed by atoms with E-state index in [1.165, 1.54) is 164 Å². The van der Waals surface area contributed by atoms with E-state index in [0.717, 1.165) is 0 Å². The van der Waals surface area contributed by atoms with Crippen LogP contribution < -0.4 is 0 Å². The van der Waals surface area contributed by atoms with Crippen LogP contribution in [0.3, 0.4) is 0 Å². The number of nitrogens with zero attached hydrogens (tertiary/aromatic N) is 2. The Bertz CT molecular complexity index is 4540. The van der Waals surface area contributed by atoms with Crippen LogP contribution in [-0.2, 0) is 43.3 Å². The maximum Gasteiger partial charge on any atom is 0.0620 e. The van der Waals surface area contributed by atoms with Crippen LogP contribution >= 0.6 is 0 Å². The Morgan fingerprint density at radius 1 is 0.202 bits per heavy atom. The molecular weight excluding hydrogens is 1010 g/mol. The van der Waals surface area contributed by atoms with E-state index in [0.29, 0.717) is 0 Å². The predicted molar refractivity (Wildman–Crippen MR) is 371 cm³/mol. The molecule has 13 aromatic rings. The van der Waals surface area contributed by atoms with Crippen molar-refractivity contribution in [1.29, 1.82) is 0 Å². The molecule has 0 saturated heterocycles. The molecule has 2 heteroatoms. The number of rotatable bonds is 2. The Morgan fingerprint density at radius 2 is 0.452 bits per heavy atom. The van der Waals surface area contributed by atoms with Crippen molar-refractivity contribution >= 4 is 97.7 Å². The van der Waals surface area contributed by atoms with Gasteiger partial charge in [0.05, 0.1) is 33.1 Å². The molecule has 0 amide bonds. The molecule has 430 valence electrons. The van der Waals surface area contributed by atoms with Crippen molar-refractivity contribution in [2.24, 2.45) is 0 Å². The van der Waals surface area contributed by atoms with Gasteiger partial charge in [0.15, 0.2) is 0 Å². The first kappa shape index (κ1) is 56.2. The third-order valence-corrected chi connectivity index (χ3v) is 19.5. The Morgan fingerprint density at radius 3 is 0.714 bits per heavy atom. The molecular formula is C82H92N2. The SMILES string of the molecule is CC(C)(C)c1ccc2c(c1)c1cc(C(C)(C)C)cc3c4cc5c(-c6c(C(C)(C)C)cccc6C(C)(C)C)c6cc7c(cc6c(-c6c(C(C)(C)C)cccc6C(C)(C)C)c5cc4n2c13)c1cc(C(C)(C)C)cc2c3cc(C(C)(C)C)ccc3n7c21. The Labute approximate surface area is 501 Å². The summed E-state index contributed by atoms with van der Waals surface area (Å²) in [4.78, 5) is 0. The van der Waals surface area contributed by atoms with Gasteiger partial charge in [-0.05, 0) is 204 Å². The first-order chi connectivity index (χ1) is 38.7. The molecule has 9 aromatic carbocycles. The average Bonchev–Trinajstić information content (AvgIpc) is 1.44. The first-order valence-corrected chi connectivity index (χ1v) is 31.4. The fraction of sp³-hybridized carbons (Fsp3) is 0.390. The predicted octanol–water partition coefficient (Wildman–Crippen LogP) is 24.0. The minimum atomic E-state index is -0.177. The van der Waals surface area contributed by atoms with Crippen LogP contribution in [0.5, 0.6) is 0 Å². The van der Waals surface area contributed by atoms with Gasteiger partial charge in [0.2, 0.25) is 0 Å². The van der Waals surface area contributed by atoms with Crippen molar-refractivity contribution < 1.29 is 0 Å². The van der Waals surface area contributed by atoms with E-state index in [1.54, 1.807) is 0 Å². The van der Waals surface area contributed by atoms with Crippen molar-refractivity contribution in [2.75, 3.05) is 0 Å². The van der Waals surface area contributed by atoms with E-state index in [-0.39, 0.29) is 43.3 Å². The van der Waals surface area contributed by atoms with Crippen LogP contribution in [0.4, 0.5) is 0 Å². The van der Waals surface area contributed by atoms with Gasteiger partial charge in [-0.1, -0.05) is 215 Å². The summed E-state index contributed by atoms with van der Waals surface area (Å²) in [5.41, 5.74) is 23.2. The molecule has 0 saturated carbocycles. The quantitative estimate of drug-likeness (QED) is 0.153. The maximum absolute atomic E-state index is 2.68. The van der Waals surface area contributed by atoms with E-state index < -0.39 is 0 Å². The lowest BCUT2D eigenvalue weighted by atomic mass is 9.70. The summed E-state index contributed by atoms with van der Waals surface area (Å²) in [5.74, 6) is 0. The second-order valence-electron chi connectivity index (χ2n) is 34.0. The minimum Gasteiger partial charge on any atom is -0.308 e. The third kappa shape index (κ3) is 8.28. The van der Waals surface area contributed by atoms with Crippen molar-refractivity contribution in [3.63, 3.8) is 0 Å². The molecule has 0 radical (unpaired) electrons. The van der Waals surface area contributed by atoms with E-state index in [4.69, 9.17) is 0 Å². The molecule has 2 nitrogen and oxygen atoms in total. The number of fused-ring (bicyclic) bond motifs is 14. The van der Waals surface area contributed by atoms with Gasteiger partial charge < -0.3 is 8.80 Å². The Hall–Kier alpha value is -6.90. The maximum atomic E-state index is 2.68. The summed E-state index contributed by atoms with van der Waals surface area (Å²) in [6.07, 6.45) is 0. The standard InChI is InChI=1S/C82H92N2/c1-75(2,3)45-31-33-65-49(35-45)57-37-47(77(7,8)9)39-59-51-41-53-55(43-67(51)83(65)73(57)59)69(71-61(79(13,14)15)27-25-28-62(71)80(16,17)18)54-42-52-60-40-48(78(10,11)12)38-58-50-36-46(76(4,5)6)32-34-66(50)84(74(58)60)68(52)44-56(54)70(53)72-63(81(19,20)21)29-26-30-64(72)82(22,23)24/h25-44H,1-24H3. The zero-order valence-corrected chi connectivity index (χ0v) is 55.4. The molecule has 0 N–H and O–H groups in total. The summed E-state index contributed by atoms with van der Waals surface area (Å²) in [6.45, 7) is 57.5. The van der Waals surface area contributed by atoms with Crippen LogP contribution in [0.2, 0.25) is 0 Å². The Kier molecular flexibility index (Phi) is 11.6. The minimum absolute atomic E-state index is 0.00349. The van der Waals surface area contributed by atoms with Crippen LogP contribution in [-0.4, -0.2) is 8.80 Å². The van der Waals surface area contributed by atoms with Gasteiger partial charge in [0.25, 0.3) is 0 Å². The van der Waals surface area contributed by atoms with E-state index in [1.807, 2.05) is 0 Å². The van der Waals surface area contributed by atoms with Gasteiger partial charge >= 0.3 is 0 Å². The third-order valence-electron chi connectivity index (χ3n) is 19.5. The summed E-state index contributed by atoms with van der Waals surface area (Å²) in [6, 6.07) is 50.0. The molecule has 0 aliphatic carbocycles. The normalized spacial score (nSPS) is 14.2. The van der Waals surface area contributed by atoms with Crippen LogP contribution in [0.1, 0.15) is 211 Å². The van der Waals surface area contributed by atoms with Crippen molar-refractivity contribution in [2.45, 2.75) is 209 Å². The lowest BCUT2D eigenvalue weighted by molar-refractivity contribution is 0.571. The summed E-state index contributed by atoms with van der Waals surface area (Å²) >= 11 is 0. The molecule has 0 aliphatic heterocycles. The summed E-state index contributed by atoms with van der Waals surface area (Å²) < 4.78 is 5.32. The number of aromatic nitrogens is 2. The molecule has 4 heterocycles. The Balaban J connectivity index is 1.38. The lowest BCUT2D eigenvalue weighted by Gasteiger charge is -2.33. The van der Waals surface area contributed by atoms with Crippen molar-refractivity contribution in [1.82, 2.24) is 8.80 Å². The first-order valence-electron chi connectivity index (χ1n) is 31.4. The van der Waals surface area contributed by atoms with Crippen LogP contribution in [0.15, 0.2) is 121 Å². The van der Waals surface area contributed by atoms with Gasteiger partial charge in [-0.2, -0.15) is 0 Å². The van der Waals surface area contributed by atoms with E-state index in [9.17, 15) is 0 Å². The van der Waals surface area contributed by atoms with Gasteiger partial charge in [0, 0.05) is 43.1 Å². The van der Waals surface area contributed by atoms with Gasteiger partial charge in [0.1, 0.15) is 0 Å². The molecule has 4 aromatic heterocycles. The smallest absolute Gasteiger partial charge is 0.0620 e. The second-order valence-corrected chi connectivity index (χ2v) is 34.0. The lowest BCUT2D eigenvalue weighted by Crippen LogP contribution is -2.20. The highest BCUT2D eigenvalue weighted by atomic mass is 14.9. The van der Waals surface area contributed by atoms with Gasteiger partial charge in [-0.15, -0.1) is 0 Å². The zero-order valence-electron chi connectivity index (χ0n) is 55.4. The molecule has 0 atom stereocenters. The highest BCUT2D eigenvalue weighted by Gasteiger charge is 2.35. The molecule has 84 heavy (non-hydrogen) atoms. The van der Waals surface area contributed by atoms with Gasteiger partial charge in [-0.25, -0.2) is 0 Å². The van der Waals surface area contributed by atoms with Crippen LogP contribution in [0, 0.1) is 0 Å². The highest BCUT2D eigenvalue weighted by molar-refractivity contribution is 6.32.